The van der Waals surface area contributed by atoms with Crippen molar-refractivity contribution in [3.8, 4) is 6.07 Å². The van der Waals surface area contributed by atoms with Gasteiger partial charge in [-0.2, -0.15) is 10.2 Å². The van der Waals surface area contributed by atoms with E-state index in [1.165, 1.54) is 25.2 Å². The highest BCUT2D eigenvalue weighted by Gasteiger charge is 2.14. The van der Waals surface area contributed by atoms with Crippen molar-refractivity contribution in [2.75, 3.05) is 35.7 Å². The van der Waals surface area contributed by atoms with Crippen LogP contribution < -0.4 is 20.9 Å². The highest BCUT2D eigenvalue weighted by molar-refractivity contribution is 6.01. The summed E-state index contributed by atoms with van der Waals surface area (Å²) in [5.41, 5.74) is 1.31. The first-order valence-electron chi connectivity index (χ1n) is 10.8. The van der Waals surface area contributed by atoms with E-state index in [1.54, 1.807) is 24.3 Å². The summed E-state index contributed by atoms with van der Waals surface area (Å²) in [5.74, 6) is -2.03. The summed E-state index contributed by atoms with van der Waals surface area (Å²) >= 11 is 0. The van der Waals surface area contributed by atoms with Crippen LogP contribution in [0, 0.1) is 23.0 Å². The van der Waals surface area contributed by atoms with Crippen LogP contribution in [0.15, 0.2) is 61.3 Å². The molecule has 2 amide bonds. The first-order chi connectivity index (χ1) is 17.3. The maximum Gasteiger partial charge on any atom is 0.251 e. The van der Waals surface area contributed by atoms with Gasteiger partial charge in [-0.15, -0.1) is 0 Å². The van der Waals surface area contributed by atoms with E-state index in [9.17, 15) is 18.4 Å². The molecular weight excluding hydrogens is 468 g/mol. The second-order valence-electron chi connectivity index (χ2n) is 7.51. The van der Waals surface area contributed by atoms with E-state index in [0.29, 0.717) is 36.3 Å². The molecule has 0 radical (unpaired) electrons. The lowest BCUT2D eigenvalue weighted by molar-refractivity contribution is -0.113. The van der Waals surface area contributed by atoms with Crippen LogP contribution in [0.25, 0.3) is 0 Å². The molecule has 0 aliphatic heterocycles. The molecule has 0 atom stereocenters. The number of aromatic nitrogens is 2. The molecule has 36 heavy (non-hydrogen) atoms. The predicted molar refractivity (Wildman–Crippen MR) is 132 cm³/mol. The lowest BCUT2D eigenvalue weighted by Gasteiger charge is -2.17. The number of benzene rings is 2. The molecule has 0 unspecified atom stereocenters. The van der Waals surface area contributed by atoms with Gasteiger partial charge in [0.1, 0.15) is 5.82 Å². The smallest absolute Gasteiger partial charge is 0.251 e. The Labute approximate surface area is 206 Å². The molecule has 11 heteroatoms. The Bertz CT molecular complexity index is 1310. The van der Waals surface area contributed by atoms with Crippen molar-refractivity contribution < 1.29 is 18.4 Å². The summed E-state index contributed by atoms with van der Waals surface area (Å²) in [4.78, 5) is 33.0. The van der Waals surface area contributed by atoms with Gasteiger partial charge in [0.05, 0.1) is 23.5 Å². The van der Waals surface area contributed by atoms with Crippen molar-refractivity contribution in [1.82, 2.24) is 15.3 Å². The molecular formula is C25H23F2N7O2. The van der Waals surface area contributed by atoms with Crippen molar-refractivity contribution in [1.29, 1.82) is 5.26 Å². The quantitative estimate of drug-likeness (QED) is 0.292. The van der Waals surface area contributed by atoms with Crippen molar-refractivity contribution in [3.63, 3.8) is 0 Å². The molecule has 3 rings (SSSR count). The van der Waals surface area contributed by atoms with Gasteiger partial charge in [-0.25, -0.2) is 13.8 Å². The number of rotatable bonds is 10. The van der Waals surface area contributed by atoms with E-state index < -0.39 is 17.5 Å². The molecule has 1 aromatic heterocycles. The fourth-order valence-corrected chi connectivity index (χ4v) is 3.08. The van der Waals surface area contributed by atoms with E-state index in [2.05, 4.69) is 32.5 Å². The van der Waals surface area contributed by atoms with Crippen molar-refractivity contribution in [2.45, 2.75) is 6.42 Å². The van der Waals surface area contributed by atoms with Crippen LogP contribution in [-0.4, -0.2) is 41.9 Å². The van der Waals surface area contributed by atoms with Crippen LogP contribution in [0.1, 0.15) is 22.3 Å². The molecule has 0 spiro atoms. The summed E-state index contributed by atoms with van der Waals surface area (Å²) < 4.78 is 28.3. The monoisotopic (exact) mass is 491 g/mol. The molecule has 3 N–H and O–H groups in total. The second-order valence-corrected chi connectivity index (χ2v) is 7.51. The minimum Gasteiger partial charge on any atom is -0.367 e. The number of hydrogen-bond donors (Lipinski definition) is 3. The molecule has 2 aromatic carbocycles. The number of carbonyl (C=O) groups excluding carboxylic acids is 2. The number of hydrogen-bond acceptors (Lipinski definition) is 7. The molecule has 0 fully saturated rings. The van der Waals surface area contributed by atoms with Gasteiger partial charge in [0.15, 0.2) is 11.6 Å². The molecule has 184 valence electrons. The number of nitrogens with one attached hydrogen (secondary N) is 3. The Hall–Kier alpha value is -4.85. The zero-order chi connectivity index (χ0) is 26.1. The van der Waals surface area contributed by atoms with Crippen molar-refractivity contribution in [2.24, 2.45) is 0 Å². The van der Waals surface area contributed by atoms with Gasteiger partial charge in [0.25, 0.3) is 5.91 Å². The molecule has 0 aliphatic rings. The Morgan fingerprint density at radius 2 is 1.89 bits per heavy atom. The third-order valence-electron chi connectivity index (χ3n) is 5.02. The van der Waals surface area contributed by atoms with Crippen LogP contribution in [0.4, 0.5) is 31.9 Å². The van der Waals surface area contributed by atoms with Gasteiger partial charge < -0.3 is 20.9 Å². The minimum atomic E-state index is -0.668. The first kappa shape index (κ1) is 25.8. The highest BCUT2D eigenvalue weighted by Crippen LogP contribution is 2.25. The third kappa shape index (κ3) is 6.60. The SMILES string of the molecule is C=CC(=O)N(C)c1cc(Nc2ncc(F)c(NCCCNC(=O)c3ccc(C#N)cc3)n2)ccc1F. The van der Waals surface area contributed by atoms with E-state index in [4.69, 9.17) is 5.26 Å². The number of halogens is 2. The molecule has 0 saturated heterocycles. The van der Waals surface area contributed by atoms with E-state index in [-0.39, 0.29) is 23.4 Å². The number of carbonyl (C=O) groups is 2. The molecule has 1 heterocycles. The van der Waals surface area contributed by atoms with Crippen LogP contribution in [0.3, 0.4) is 0 Å². The molecule has 0 saturated carbocycles. The van der Waals surface area contributed by atoms with E-state index >= 15 is 0 Å². The minimum absolute atomic E-state index is 0.0217. The van der Waals surface area contributed by atoms with Crippen molar-refractivity contribution >= 4 is 35.0 Å². The lowest BCUT2D eigenvalue weighted by atomic mass is 10.1. The average Bonchev–Trinajstić information content (AvgIpc) is 2.90. The van der Waals surface area contributed by atoms with Gasteiger partial charge in [-0.1, -0.05) is 6.58 Å². The van der Waals surface area contributed by atoms with Crippen LogP contribution >= 0.6 is 0 Å². The van der Waals surface area contributed by atoms with Gasteiger partial charge in [-0.3, -0.25) is 9.59 Å². The maximum atomic E-state index is 14.2. The summed E-state index contributed by atoms with van der Waals surface area (Å²) in [6, 6.07) is 12.2. The zero-order valence-electron chi connectivity index (χ0n) is 19.4. The van der Waals surface area contributed by atoms with Crippen LogP contribution in [0.2, 0.25) is 0 Å². The zero-order valence-corrected chi connectivity index (χ0v) is 19.4. The number of likely N-dealkylation sites (N-methyl/N-ethyl adjacent to an activating group) is 1. The summed E-state index contributed by atoms with van der Waals surface area (Å²) in [6.45, 7) is 4.04. The standard InChI is InChI=1S/C25H23F2N7O2/c1-3-22(35)34(2)21-13-18(9-10-19(21)26)32-25-31-15-20(27)23(33-25)29-11-4-12-30-24(36)17-7-5-16(14-28)6-8-17/h3,5-10,13,15H,1,4,11-12H2,2H3,(H,30,36)(H2,29,31,32,33). The van der Waals surface area contributed by atoms with Crippen molar-refractivity contribution in [3.05, 3.63) is 84.1 Å². The number of nitrogens with zero attached hydrogens (tertiary/aromatic N) is 4. The number of amides is 2. The van der Waals surface area contributed by atoms with Gasteiger partial charge >= 0.3 is 0 Å². The Morgan fingerprint density at radius 1 is 1.14 bits per heavy atom. The van der Waals surface area contributed by atoms with Crippen LogP contribution in [-0.2, 0) is 4.79 Å². The number of nitriles is 1. The van der Waals surface area contributed by atoms with Gasteiger partial charge in [-0.05, 0) is 55.0 Å². The molecule has 9 nitrogen and oxygen atoms in total. The largest absolute Gasteiger partial charge is 0.367 e. The van der Waals surface area contributed by atoms with E-state index in [1.807, 2.05) is 6.07 Å². The topological polar surface area (TPSA) is 123 Å². The summed E-state index contributed by atoms with van der Waals surface area (Å²) in [6.07, 6.45) is 2.54. The van der Waals surface area contributed by atoms with E-state index in [0.717, 1.165) is 17.2 Å². The fourth-order valence-electron chi connectivity index (χ4n) is 3.08. The second kappa shape index (κ2) is 12.0. The third-order valence-corrected chi connectivity index (χ3v) is 5.02. The Morgan fingerprint density at radius 3 is 2.58 bits per heavy atom. The van der Waals surface area contributed by atoms with Gasteiger partial charge in [0, 0.05) is 31.4 Å². The van der Waals surface area contributed by atoms with Gasteiger partial charge in [0.2, 0.25) is 11.9 Å². The Kier molecular flexibility index (Phi) is 8.61. The first-order valence-corrected chi connectivity index (χ1v) is 10.8. The maximum absolute atomic E-state index is 14.2. The Balaban J connectivity index is 1.55. The van der Waals surface area contributed by atoms with Crippen LogP contribution in [0.5, 0.6) is 0 Å². The normalized spacial score (nSPS) is 10.2. The molecule has 0 aliphatic carbocycles. The fraction of sp³-hybridized carbons (Fsp3) is 0.160. The lowest BCUT2D eigenvalue weighted by Crippen LogP contribution is -2.26. The summed E-state index contributed by atoms with van der Waals surface area (Å²) in [5, 5.41) is 17.3. The average molecular weight is 492 g/mol. The number of anilines is 4. The predicted octanol–water partition coefficient (Wildman–Crippen LogP) is 3.75. The molecule has 0 bridgehead atoms. The molecule has 3 aromatic rings. The summed E-state index contributed by atoms with van der Waals surface area (Å²) in [7, 11) is 1.41. The highest BCUT2D eigenvalue weighted by atomic mass is 19.1.